The van der Waals surface area contributed by atoms with Crippen LogP contribution in [0, 0.1) is 10.5 Å². The van der Waals surface area contributed by atoms with E-state index in [-0.39, 0.29) is 4.90 Å². The molecule has 3 nitrogen and oxygen atoms in total. The molecule has 0 unspecified atom stereocenters. The van der Waals surface area contributed by atoms with Crippen LogP contribution in [-0.2, 0) is 10.0 Å². The third kappa shape index (κ3) is 3.66. The van der Waals surface area contributed by atoms with Crippen LogP contribution in [0.3, 0.4) is 0 Å². The number of aryl methyl sites for hydroxylation is 1. The Morgan fingerprint density at radius 2 is 1.90 bits per heavy atom. The molecule has 2 aromatic rings. The molecule has 0 saturated heterocycles. The summed E-state index contributed by atoms with van der Waals surface area (Å²) in [6.45, 7) is 1.83. The van der Waals surface area contributed by atoms with Crippen molar-refractivity contribution in [3.8, 4) is 0 Å². The summed E-state index contributed by atoms with van der Waals surface area (Å²) < 4.78 is 28.9. The Bertz CT molecular complexity index is 765. The lowest BCUT2D eigenvalue weighted by atomic mass is 10.2. The number of rotatable bonds is 3. The summed E-state index contributed by atoms with van der Waals surface area (Å²) in [5.41, 5.74) is 1.22. The fraction of sp³-hybridized carbons (Fsp3) is 0.0769. The Balaban J connectivity index is 2.38. The van der Waals surface area contributed by atoms with E-state index >= 15 is 0 Å². The van der Waals surface area contributed by atoms with E-state index in [1.165, 1.54) is 0 Å². The van der Waals surface area contributed by atoms with Gasteiger partial charge in [-0.15, -0.1) is 0 Å². The molecular formula is C13H10BrClINO2S. The maximum absolute atomic E-state index is 12.3. The van der Waals surface area contributed by atoms with Gasteiger partial charge in [0.25, 0.3) is 10.0 Å². The first-order valence-corrected chi connectivity index (χ1v) is 9.27. The lowest BCUT2D eigenvalue weighted by Crippen LogP contribution is -2.13. The monoisotopic (exact) mass is 485 g/mol. The molecule has 106 valence electrons. The van der Waals surface area contributed by atoms with Crippen LogP contribution in [-0.4, -0.2) is 8.42 Å². The van der Waals surface area contributed by atoms with Gasteiger partial charge in [0.2, 0.25) is 0 Å². The van der Waals surface area contributed by atoms with Crippen molar-refractivity contribution in [1.29, 1.82) is 0 Å². The van der Waals surface area contributed by atoms with E-state index in [1.54, 1.807) is 36.4 Å². The summed E-state index contributed by atoms with van der Waals surface area (Å²) in [4.78, 5) is 0.202. The highest BCUT2D eigenvalue weighted by molar-refractivity contribution is 14.1. The number of hydrogen-bond donors (Lipinski definition) is 1. The third-order valence-electron chi connectivity index (χ3n) is 2.62. The molecule has 7 heteroatoms. The Kier molecular flexibility index (Phi) is 4.99. The first-order valence-electron chi connectivity index (χ1n) is 5.53. The zero-order valence-electron chi connectivity index (χ0n) is 10.3. The van der Waals surface area contributed by atoms with E-state index in [0.29, 0.717) is 10.7 Å². The lowest BCUT2D eigenvalue weighted by Gasteiger charge is -2.11. The van der Waals surface area contributed by atoms with Crippen molar-refractivity contribution in [3.63, 3.8) is 0 Å². The van der Waals surface area contributed by atoms with Crippen molar-refractivity contribution >= 4 is 65.8 Å². The highest BCUT2D eigenvalue weighted by atomic mass is 127. The third-order valence-corrected chi connectivity index (χ3v) is 5.85. The minimum Gasteiger partial charge on any atom is -0.278 e. The average molecular weight is 487 g/mol. The molecule has 0 aromatic heterocycles. The normalized spacial score (nSPS) is 11.4. The zero-order valence-corrected chi connectivity index (χ0v) is 15.6. The van der Waals surface area contributed by atoms with Crippen LogP contribution >= 0.6 is 50.1 Å². The predicted octanol–water partition coefficient (Wildman–Crippen LogP) is 4.82. The van der Waals surface area contributed by atoms with Crippen molar-refractivity contribution in [2.45, 2.75) is 11.8 Å². The summed E-state index contributed by atoms with van der Waals surface area (Å²) in [6.07, 6.45) is 0. The summed E-state index contributed by atoms with van der Waals surface area (Å²) in [5.74, 6) is 0. The maximum atomic E-state index is 12.3. The van der Waals surface area contributed by atoms with Gasteiger partial charge in [0.1, 0.15) is 0 Å². The molecule has 0 radical (unpaired) electrons. The highest BCUT2D eigenvalue weighted by Crippen LogP contribution is 2.27. The summed E-state index contributed by atoms with van der Waals surface area (Å²) in [7, 11) is -3.65. The van der Waals surface area contributed by atoms with E-state index in [2.05, 4.69) is 43.2 Å². The molecule has 0 saturated carbocycles. The minimum absolute atomic E-state index is 0.202. The van der Waals surface area contributed by atoms with Crippen LogP contribution in [0.1, 0.15) is 5.56 Å². The first-order chi connectivity index (χ1) is 9.29. The molecule has 0 atom stereocenters. The maximum Gasteiger partial charge on any atom is 0.261 e. The number of benzene rings is 2. The molecule has 0 spiro atoms. The van der Waals surface area contributed by atoms with Gasteiger partial charge in [0.05, 0.1) is 15.6 Å². The molecule has 0 aliphatic carbocycles. The van der Waals surface area contributed by atoms with Crippen molar-refractivity contribution < 1.29 is 8.42 Å². The summed E-state index contributed by atoms with van der Waals surface area (Å²) in [6, 6.07) is 9.99. The lowest BCUT2D eigenvalue weighted by molar-refractivity contribution is 0.601. The summed E-state index contributed by atoms with van der Waals surface area (Å²) >= 11 is 11.5. The highest BCUT2D eigenvalue weighted by Gasteiger charge is 2.16. The van der Waals surface area contributed by atoms with Gasteiger partial charge in [0, 0.05) is 8.04 Å². The molecule has 0 aliphatic rings. The standard InChI is InChI=1S/C13H10BrClINO2S/c1-8-6-10(3-4-11(8)14)20(18,19)17-13-5-2-9(16)7-12(13)15/h2-7,17H,1H3. The molecule has 0 bridgehead atoms. The molecule has 2 aromatic carbocycles. The fourth-order valence-corrected chi connectivity index (χ4v) is 3.93. The van der Waals surface area contributed by atoms with E-state index in [1.807, 2.05) is 6.92 Å². The predicted molar refractivity (Wildman–Crippen MR) is 93.9 cm³/mol. The van der Waals surface area contributed by atoms with Crippen LogP contribution in [0.5, 0.6) is 0 Å². The van der Waals surface area contributed by atoms with Gasteiger partial charge in [-0.25, -0.2) is 8.42 Å². The molecule has 0 aliphatic heterocycles. The van der Waals surface area contributed by atoms with Gasteiger partial charge in [-0.2, -0.15) is 0 Å². The number of hydrogen-bond acceptors (Lipinski definition) is 2. The van der Waals surface area contributed by atoms with Crippen LogP contribution in [0.2, 0.25) is 5.02 Å². The van der Waals surface area contributed by atoms with Crippen LogP contribution in [0.4, 0.5) is 5.69 Å². The fourth-order valence-electron chi connectivity index (χ4n) is 1.56. The second kappa shape index (κ2) is 6.21. The number of halogens is 3. The Hall–Kier alpha value is -0.310. The van der Waals surface area contributed by atoms with Crippen molar-refractivity contribution in [3.05, 3.63) is 55.0 Å². The smallest absolute Gasteiger partial charge is 0.261 e. The minimum atomic E-state index is -3.65. The van der Waals surface area contributed by atoms with E-state index in [9.17, 15) is 8.42 Å². The summed E-state index contributed by atoms with van der Waals surface area (Å²) in [5, 5.41) is 0.370. The second-order valence-electron chi connectivity index (χ2n) is 4.14. The quantitative estimate of drug-likeness (QED) is 0.633. The van der Waals surface area contributed by atoms with Crippen molar-refractivity contribution in [2.24, 2.45) is 0 Å². The van der Waals surface area contributed by atoms with Crippen LogP contribution < -0.4 is 4.72 Å². The molecule has 0 fully saturated rings. The number of anilines is 1. The SMILES string of the molecule is Cc1cc(S(=O)(=O)Nc2ccc(I)cc2Cl)ccc1Br. The molecule has 0 amide bonds. The molecule has 0 heterocycles. The second-order valence-corrected chi connectivity index (χ2v) is 8.33. The Morgan fingerprint density at radius 1 is 1.20 bits per heavy atom. The molecule has 1 N–H and O–H groups in total. The topological polar surface area (TPSA) is 46.2 Å². The largest absolute Gasteiger partial charge is 0.278 e. The van der Waals surface area contributed by atoms with Crippen molar-refractivity contribution in [2.75, 3.05) is 4.72 Å². The van der Waals surface area contributed by atoms with Crippen LogP contribution in [0.25, 0.3) is 0 Å². The first kappa shape index (κ1) is 16.1. The van der Waals surface area contributed by atoms with Gasteiger partial charge >= 0.3 is 0 Å². The van der Waals surface area contributed by atoms with Gasteiger partial charge in [-0.05, 0) is 71.5 Å². The van der Waals surface area contributed by atoms with Crippen LogP contribution in [0.15, 0.2) is 45.8 Å². The Morgan fingerprint density at radius 3 is 2.50 bits per heavy atom. The number of nitrogens with one attached hydrogen (secondary N) is 1. The van der Waals surface area contributed by atoms with E-state index < -0.39 is 10.0 Å². The Labute approximate surface area is 145 Å². The van der Waals surface area contributed by atoms with Gasteiger partial charge in [-0.3, -0.25) is 4.72 Å². The molecule has 2 rings (SSSR count). The van der Waals surface area contributed by atoms with E-state index in [4.69, 9.17) is 11.6 Å². The van der Waals surface area contributed by atoms with Crippen molar-refractivity contribution in [1.82, 2.24) is 0 Å². The van der Waals surface area contributed by atoms with Gasteiger partial charge in [-0.1, -0.05) is 27.5 Å². The van der Waals surface area contributed by atoms with Gasteiger partial charge in [0.15, 0.2) is 0 Å². The number of sulfonamides is 1. The molecular weight excluding hydrogens is 476 g/mol. The molecule has 20 heavy (non-hydrogen) atoms. The zero-order chi connectivity index (χ0) is 14.9. The van der Waals surface area contributed by atoms with Gasteiger partial charge < -0.3 is 0 Å². The van der Waals surface area contributed by atoms with E-state index in [0.717, 1.165) is 13.6 Å². The average Bonchev–Trinajstić information content (AvgIpc) is 2.36.